The normalized spacial score (nSPS) is 11.3. The van der Waals surface area contributed by atoms with Gasteiger partial charge in [0.25, 0.3) is 0 Å². The molecule has 100 valence electrons. The minimum absolute atomic E-state index is 0.0985. The van der Waals surface area contributed by atoms with E-state index in [0.29, 0.717) is 5.82 Å². The zero-order valence-corrected chi connectivity index (χ0v) is 9.33. The lowest BCUT2D eigenvalue weighted by molar-refractivity contribution is -0.172. The predicted molar refractivity (Wildman–Crippen MR) is 58.1 cm³/mol. The molecule has 0 aliphatic heterocycles. The highest BCUT2D eigenvalue weighted by Gasteiger charge is 2.27. The summed E-state index contributed by atoms with van der Waals surface area (Å²) < 4.78 is 39.6. The van der Waals surface area contributed by atoms with Crippen LogP contribution in [0.2, 0.25) is 0 Å². The van der Waals surface area contributed by atoms with Gasteiger partial charge in [0, 0.05) is 12.7 Å². The van der Waals surface area contributed by atoms with Crippen LogP contribution in [-0.2, 0) is 4.74 Å². The Kier molecular flexibility index (Phi) is 4.90. The molecule has 0 aliphatic carbocycles. The fourth-order valence-electron chi connectivity index (χ4n) is 1.08. The zero-order valence-electron chi connectivity index (χ0n) is 9.33. The number of primary amides is 1. The first-order valence-electron chi connectivity index (χ1n) is 5.03. The lowest BCUT2D eigenvalue weighted by atomic mass is 10.3. The van der Waals surface area contributed by atoms with Gasteiger partial charge in [-0.05, 0) is 12.1 Å². The third-order valence-electron chi connectivity index (χ3n) is 1.87. The molecule has 0 saturated carbocycles. The largest absolute Gasteiger partial charge is 0.411 e. The van der Waals surface area contributed by atoms with Gasteiger partial charge in [0.2, 0.25) is 5.91 Å². The Morgan fingerprint density at radius 3 is 2.67 bits per heavy atom. The number of nitrogens with zero attached hydrogens (tertiary/aromatic N) is 1. The van der Waals surface area contributed by atoms with Crippen LogP contribution in [0, 0.1) is 0 Å². The van der Waals surface area contributed by atoms with Crippen molar-refractivity contribution in [3.05, 3.63) is 23.9 Å². The van der Waals surface area contributed by atoms with E-state index in [9.17, 15) is 18.0 Å². The molecule has 0 unspecified atom stereocenters. The number of halogens is 3. The molecular weight excluding hydrogens is 251 g/mol. The van der Waals surface area contributed by atoms with Crippen molar-refractivity contribution in [1.29, 1.82) is 0 Å². The second-order valence-corrected chi connectivity index (χ2v) is 3.39. The Balaban J connectivity index is 2.25. The number of aromatic nitrogens is 1. The van der Waals surface area contributed by atoms with Crippen molar-refractivity contribution in [3.63, 3.8) is 0 Å². The number of hydrogen-bond donors (Lipinski definition) is 2. The lowest BCUT2D eigenvalue weighted by Gasteiger charge is -2.08. The smallest absolute Gasteiger partial charge is 0.370 e. The predicted octanol–water partition coefficient (Wildman–Crippen LogP) is 1.17. The Morgan fingerprint density at radius 2 is 2.17 bits per heavy atom. The van der Waals surface area contributed by atoms with E-state index in [1.165, 1.54) is 18.3 Å². The first-order valence-corrected chi connectivity index (χ1v) is 5.03. The molecule has 0 bridgehead atoms. The highest BCUT2D eigenvalue weighted by Crippen LogP contribution is 2.14. The number of pyridine rings is 1. The molecule has 1 amide bonds. The van der Waals surface area contributed by atoms with E-state index in [0.717, 1.165) is 0 Å². The summed E-state index contributed by atoms with van der Waals surface area (Å²) in [4.78, 5) is 14.6. The van der Waals surface area contributed by atoms with Crippen molar-refractivity contribution in [2.45, 2.75) is 6.18 Å². The molecule has 1 heterocycles. The number of amides is 1. The van der Waals surface area contributed by atoms with E-state index >= 15 is 0 Å². The van der Waals surface area contributed by atoms with Gasteiger partial charge in [-0.15, -0.1) is 0 Å². The van der Waals surface area contributed by atoms with Crippen molar-refractivity contribution in [2.75, 3.05) is 25.1 Å². The van der Waals surface area contributed by atoms with Gasteiger partial charge in [-0.25, -0.2) is 4.98 Å². The maximum Gasteiger partial charge on any atom is 0.411 e. The number of rotatable bonds is 6. The van der Waals surface area contributed by atoms with Crippen LogP contribution >= 0.6 is 0 Å². The van der Waals surface area contributed by atoms with Crippen molar-refractivity contribution in [3.8, 4) is 0 Å². The van der Waals surface area contributed by atoms with Gasteiger partial charge in [-0.1, -0.05) is 0 Å². The van der Waals surface area contributed by atoms with Crippen molar-refractivity contribution < 1.29 is 22.7 Å². The van der Waals surface area contributed by atoms with E-state index in [1.54, 1.807) is 0 Å². The Labute approximate surface area is 101 Å². The second kappa shape index (κ2) is 6.20. The van der Waals surface area contributed by atoms with Gasteiger partial charge >= 0.3 is 6.18 Å². The summed E-state index contributed by atoms with van der Waals surface area (Å²) in [6.07, 6.45) is -3.04. The van der Waals surface area contributed by atoms with Crippen LogP contribution in [0.3, 0.4) is 0 Å². The van der Waals surface area contributed by atoms with Crippen LogP contribution in [-0.4, -0.2) is 36.8 Å². The molecule has 5 nitrogen and oxygen atoms in total. The molecule has 0 saturated heterocycles. The topological polar surface area (TPSA) is 77.2 Å². The van der Waals surface area contributed by atoms with Crippen LogP contribution in [0.5, 0.6) is 0 Å². The molecule has 0 radical (unpaired) electrons. The number of anilines is 1. The lowest BCUT2D eigenvalue weighted by Crippen LogP contribution is -2.20. The minimum Gasteiger partial charge on any atom is -0.370 e. The Morgan fingerprint density at radius 1 is 1.44 bits per heavy atom. The third-order valence-corrected chi connectivity index (χ3v) is 1.87. The van der Waals surface area contributed by atoms with E-state index in [1.807, 2.05) is 0 Å². The van der Waals surface area contributed by atoms with Crippen molar-refractivity contribution in [2.24, 2.45) is 5.73 Å². The summed E-state index contributed by atoms with van der Waals surface area (Å²) in [5.41, 5.74) is 5.28. The molecular formula is C10H12F3N3O2. The van der Waals surface area contributed by atoms with Gasteiger partial charge in [0.15, 0.2) is 0 Å². The maximum absolute atomic E-state index is 11.7. The molecule has 0 atom stereocenters. The Hall–Kier alpha value is -1.83. The number of carbonyl (C=O) groups is 1. The Bertz CT molecular complexity index is 392. The highest BCUT2D eigenvalue weighted by molar-refractivity contribution is 5.92. The van der Waals surface area contributed by atoms with Gasteiger partial charge in [-0.2, -0.15) is 13.2 Å². The molecule has 1 rings (SSSR count). The number of alkyl halides is 3. The van der Waals surface area contributed by atoms with Crippen LogP contribution in [0.1, 0.15) is 10.4 Å². The quantitative estimate of drug-likeness (QED) is 0.755. The van der Waals surface area contributed by atoms with Crippen molar-refractivity contribution >= 4 is 11.7 Å². The summed E-state index contributed by atoms with van der Waals surface area (Å²) in [5, 5.41) is 2.74. The summed E-state index contributed by atoms with van der Waals surface area (Å²) in [5.74, 6) is -0.168. The number of ether oxygens (including phenoxy) is 1. The first-order chi connectivity index (χ1) is 8.38. The maximum atomic E-state index is 11.7. The number of hydrogen-bond acceptors (Lipinski definition) is 4. The molecule has 18 heavy (non-hydrogen) atoms. The van der Waals surface area contributed by atoms with Gasteiger partial charge in [0.05, 0.1) is 12.2 Å². The first kappa shape index (κ1) is 14.2. The fraction of sp³-hybridized carbons (Fsp3) is 0.400. The molecule has 0 fully saturated rings. The monoisotopic (exact) mass is 263 g/mol. The average Bonchev–Trinajstić information content (AvgIpc) is 2.27. The molecule has 1 aromatic heterocycles. The molecule has 0 spiro atoms. The van der Waals surface area contributed by atoms with Gasteiger partial charge < -0.3 is 15.8 Å². The third kappa shape index (κ3) is 5.48. The second-order valence-electron chi connectivity index (χ2n) is 3.39. The highest BCUT2D eigenvalue weighted by atomic mass is 19.4. The van der Waals surface area contributed by atoms with Crippen LogP contribution < -0.4 is 11.1 Å². The van der Waals surface area contributed by atoms with Crippen LogP contribution in [0.15, 0.2) is 18.3 Å². The summed E-state index contributed by atoms with van der Waals surface area (Å²) >= 11 is 0. The summed E-state index contributed by atoms with van der Waals surface area (Å²) in [6, 6.07) is 2.97. The molecule has 0 aromatic carbocycles. The van der Waals surface area contributed by atoms with E-state index < -0.39 is 18.7 Å². The zero-order chi connectivity index (χ0) is 13.6. The van der Waals surface area contributed by atoms with Crippen LogP contribution in [0.25, 0.3) is 0 Å². The number of nitrogens with one attached hydrogen (secondary N) is 1. The molecule has 0 aliphatic rings. The number of carbonyl (C=O) groups excluding carboxylic acids is 1. The SMILES string of the molecule is NC(=O)c1ccc(NCCOCC(F)(F)F)nc1. The van der Waals surface area contributed by atoms with E-state index in [4.69, 9.17) is 5.73 Å². The van der Waals surface area contributed by atoms with E-state index in [2.05, 4.69) is 15.0 Å². The molecule has 1 aromatic rings. The molecule has 8 heteroatoms. The standard InChI is InChI=1S/C10H12F3N3O2/c11-10(12,13)6-18-4-3-15-8-2-1-7(5-16-8)9(14)17/h1-2,5H,3-4,6H2,(H2,14,17)(H,15,16). The summed E-state index contributed by atoms with van der Waals surface area (Å²) in [6.45, 7) is -1.19. The van der Waals surface area contributed by atoms with Gasteiger partial charge in [0.1, 0.15) is 12.4 Å². The summed E-state index contributed by atoms with van der Waals surface area (Å²) in [7, 11) is 0. The number of nitrogens with two attached hydrogens (primary N) is 1. The minimum atomic E-state index is -4.32. The average molecular weight is 263 g/mol. The van der Waals surface area contributed by atoms with Crippen molar-refractivity contribution in [1.82, 2.24) is 4.98 Å². The molecule has 3 N–H and O–H groups in total. The fourth-order valence-corrected chi connectivity index (χ4v) is 1.08. The van der Waals surface area contributed by atoms with Crippen LogP contribution in [0.4, 0.5) is 19.0 Å². The van der Waals surface area contributed by atoms with E-state index in [-0.39, 0.29) is 18.7 Å². The van der Waals surface area contributed by atoms with Gasteiger partial charge in [-0.3, -0.25) is 4.79 Å².